The van der Waals surface area contributed by atoms with Crippen LogP contribution >= 0.6 is 0 Å². The highest BCUT2D eigenvalue weighted by molar-refractivity contribution is 5.98. The van der Waals surface area contributed by atoms with Gasteiger partial charge in [0.1, 0.15) is 12.4 Å². The second kappa shape index (κ2) is 8.95. The van der Waals surface area contributed by atoms with Crippen LogP contribution in [0.4, 0.5) is 15.1 Å². The molecule has 1 aromatic heterocycles. The molecule has 1 saturated heterocycles. The number of nitrogens with two attached hydrogens (primary N) is 1. The smallest absolute Gasteiger partial charge is 0.411 e. The summed E-state index contributed by atoms with van der Waals surface area (Å²) in [5, 5.41) is 14.5. The number of oxime groups is 1. The summed E-state index contributed by atoms with van der Waals surface area (Å²) in [4.78, 5) is 29.9. The third kappa shape index (κ3) is 4.94. The van der Waals surface area contributed by atoms with Crippen molar-refractivity contribution in [1.82, 2.24) is 15.3 Å². The molecule has 0 saturated carbocycles. The Labute approximate surface area is 165 Å². The summed E-state index contributed by atoms with van der Waals surface area (Å²) >= 11 is 0. The lowest BCUT2D eigenvalue weighted by atomic mass is 10.0. The van der Waals surface area contributed by atoms with E-state index < -0.39 is 11.9 Å². The molecule has 0 atom stereocenters. The molecule has 2 aromatic rings. The van der Waals surface area contributed by atoms with E-state index in [9.17, 15) is 9.18 Å². The minimum Gasteiger partial charge on any atom is -0.465 e. The fourth-order valence-electron chi connectivity index (χ4n) is 2.62. The van der Waals surface area contributed by atoms with Crippen LogP contribution in [0, 0.1) is 5.82 Å². The predicted molar refractivity (Wildman–Crippen MR) is 105 cm³/mol. The van der Waals surface area contributed by atoms with E-state index in [-0.39, 0.29) is 18.1 Å². The highest BCUT2D eigenvalue weighted by atomic mass is 19.1. The molecule has 10 nitrogen and oxygen atoms in total. The van der Waals surface area contributed by atoms with Crippen LogP contribution in [-0.4, -0.2) is 52.5 Å². The number of nitrogens with one attached hydrogen (secondary N) is 1. The first-order valence-electron chi connectivity index (χ1n) is 8.80. The molecule has 3 rings (SSSR count). The predicted octanol–water partition coefficient (Wildman–Crippen LogP) is 1.58. The van der Waals surface area contributed by atoms with Crippen molar-refractivity contribution in [1.29, 1.82) is 0 Å². The Morgan fingerprint density at radius 3 is 2.76 bits per heavy atom. The average molecular weight is 401 g/mol. The van der Waals surface area contributed by atoms with Gasteiger partial charge in [-0.3, -0.25) is 5.32 Å². The third-order valence-electron chi connectivity index (χ3n) is 4.03. The van der Waals surface area contributed by atoms with Crippen LogP contribution in [0.1, 0.15) is 12.5 Å². The van der Waals surface area contributed by atoms with Crippen molar-refractivity contribution >= 4 is 23.7 Å². The second-order valence-corrected chi connectivity index (χ2v) is 6.11. The standard InChI is InChI=1S/C18H20FN7O3/c1-2-29-25-13-9-26(10-13)17-22-7-12(8-23-17)14-5-3-4-11(15(14)19)6-21-16(20)24-18(27)28/h3-5,7-8H,2,6,9-10H2,1H3,(H,27,28)(H3,20,21,24). The van der Waals surface area contributed by atoms with Crippen LogP contribution in [0.25, 0.3) is 11.1 Å². The van der Waals surface area contributed by atoms with Gasteiger partial charge in [0, 0.05) is 29.1 Å². The van der Waals surface area contributed by atoms with Crippen LogP contribution in [-0.2, 0) is 11.4 Å². The normalized spacial score (nSPS) is 13.7. The lowest BCUT2D eigenvalue weighted by Crippen LogP contribution is -2.48. The quantitative estimate of drug-likeness (QED) is 0.379. The average Bonchev–Trinajstić information content (AvgIpc) is 2.66. The molecule has 4 N–H and O–H groups in total. The van der Waals surface area contributed by atoms with Crippen molar-refractivity contribution in [3.8, 4) is 11.1 Å². The number of anilines is 1. The number of halogens is 1. The van der Waals surface area contributed by atoms with E-state index in [1.54, 1.807) is 30.6 Å². The summed E-state index contributed by atoms with van der Waals surface area (Å²) in [5.41, 5.74) is 7.42. The number of aliphatic imine (C=N–C) groups is 1. The first-order chi connectivity index (χ1) is 14.0. The van der Waals surface area contributed by atoms with E-state index >= 15 is 0 Å². The van der Waals surface area contributed by atoms with Crippen LogP contribution in [0.15, 0.2) is 40.7 Å². The molecular weight excluding hydrogens is 381 g/mol. The Morgan fingerprint density at radius 1 is 1.38 bits per heavy atom. The van der Waals surface area contributed by atoms with Gasteiger partial charge in [0.05, 0.1) is 25.3 Å². The van der Waals surface area contributed by atoms with E-state index in [0.717, 1.165) is 5.71 Å². The van der Waals surface area contributed by atoms with Gasteiger partial charge in [0.25, 0.3) is 0 Å². The Balaban J connectivity index is 1.70. The summed E-state index contributed by atoms with van der Waals surface area (Å²) < 4.78 is 14.8. The van der Waals surface area contributed by atoms with Crippen LogP contribution in [0.2, 0.25) is 0 Å². The van der Waals surface area contributed by atoms with Crippen molar-refractivity contribution in [3.63, 3.8) is 0 Å². The molecule has 1 aliphatic heterocycles. The third-order valence-corrected chi connectivity index (χ3v) is 4.03. The number of aromatic nitrogens is 2. The fraction of sp³-hybridized carbons (Fsp3) is 0.278. The first-order valence-corrected chi connectivity index (χ1v) is 8.80. The molecule has 1 aromatic carbocycles. The van der Waals surface area contributed by atoms with Gasteiger partial charge >= 0.3 is 6.09 Å². The zero-order valence-electron chi connectivity index (χ0n) is 15.7. The number of carbonyl (C=O) groups is 1. The number of guanidine groups is 1. The lowest BCUT2D eigenvalue weighted by molar-refractivity contribution is 0.157. The fourth-order valence-corrected chi connectivity index (χ4v) is 2.62. The molecule has 0 radical (unpaired) electrons. The van der Waals surface area contributed by atoms with Gasteiger partial charge in [-0.25, -0.2) is 24.1 Å². The molecule has 1 fully saturated rings. The molecule has 11 heteroatoms. The second-order valence-electron chi connectivity index (χ2n) is 6.11. The topological polar surface area (TPSA) is 138 Å². The van der Waals surface area contributed by atoms with Gasteiger partial charge in [-0.05, 0) is 6.92 Å². The summed E-state index contributed by atoms with van der Waals surface area (Å²) in [6, 6.07) is 4.82. The summed E-state index contributed by atoms with van der Waals surface area (Å²) in [5.74, 6) is -0.277. The highest BCUT2D eigenvalue weighted by Crippen LogP contribution is 2.25. The SMILES string of the molecule is CCON=C1CN(c2ncc(-c3cccc(CN=C(N)NC(=O)O)c3F)cn2)C1. The molecule has 1 amide bonds. The van der Waals surface area contributed by atoms with E-state index in [2.05, 4.69) is 20.1 Å². The monoisotopic (exact) mass is 401 g/mol. The first kappa shape index (κ1) is 20.0. The molecule has 2 heterocycles. The molecule has 29 heavy (non-hydrogen) atoms. The Bertz CT molecular complexity index is 939. The molecule has 0 unspecified atom stereocenters. The van der Waals surface area contributed by atoms with Gasteiger partial charge < -0.3 is 20.6 Å². The Morgan fingerprint density at radius 2 is 2.10 bits per heavy atom. The van der Waals surface area contributed by atoms with E-state index in [4.69, 9.17) is 15.7 Å². The number of benzene rings is 1. The van der Waals surface area contributed by atoms with Crippen molar-refractivity contribution < 1.29 is 19.1 Å². The molecular formula is C18H20FN7O3. The van der Waals surface area contributed by atoms with Crippen molar-refractivity contribution in [2.75, 3.05) is 24.6 Å². The van der Waals surface area contributed by atoms with Crippen LogP contribution in [0.3, 0.4) is 0 Å². The number of hydrogen-bond acceptors (Lipinski definition) is 7. The summed E-state index contributed by atoms with van der Waals surface area (Å²) in [7, 11) is 0. The molecule has 152 valence electrons. The van der Waals surface area contributed by atoms with Crippen LogP contribution < -0.4 is 16.0 Å². The number of nitrogens with zero attached hydrogens (tertiary/aromatic N) is 5. The maximum absolute atomic E-state index is 14.8. The number of carboxylic acid groups (broad SMARTS) is 1. The molecule has 0 aliphatic carbocycles. The highest BCUT2D eigenvalue weighted by Gasteiger charge is 2.25. The number of amides is 1. The molecule has 0 spiro atoms. The van der Waals surface area contributed by atoms with E-state index in [0.29, 0.717) is 36.8 Å². The molecule has 0 bridgehead atoms. The zero-order valence-corrected chi connectivity index (χ0v) is 15.7. The molecule has 1 aliphatic rings. The number of hydrogen-bond donors (Lipinski definition) is 3. The van der Waals surface area contributed by atoms with Gasteiger partial charge in [-0.2, -0.15) is 0 Å². The van der Waals surface area contributed by atoms with Crippen LogP contribution in [0.5, 0.6) is 0 Å². The van der Waals surface area contributed by atoms with Gasteiger partial charge in [-0.15, -0.1) is 0 Å². The summed E-state index contributed by atoms with van der Waals surface area (Å²) in [6.45, 7) is 3.46. The largest absolute Gasteiger partial charge is 0.465 e. The number of rotatable bonds is 6. The minimum atomic E-state index is -1.34. The van der Waals surface area contributed by atoms with Gasteiger partial charge in [0.15, 0.2) is 5.96 Å². The minimum absolute atomic E-state index is 0.111. The van der Waals surface area contributed by atoms with Crippen molar-refractivity contribution in [2.45, 2.75) is 13.5 Å². The van der Waals surface area contributed by atoms with E-state index in [1.807, 2.05) is 17.1 Å². The Kier molecular flexibility index (Phi) is 6.17. The van der Waals surface area contributed by atoms with Gasteiger partial charge in [0.2, 0.25) is 5.95 Å². The maximum atomic E-state index is 14.8. The Hall–Kier alpha value is -3.76. The maximum Gasteiger partial charge on any atom is 0.411 e. The lowest BCUT2D eigenvalue weighted by Gasteiger charge is -2.31. The van der Waals surface area contributed by atoms with Gasteiger partial charge in [-0.1, -0.05) is 23.4 Å². The van der Waals surface area contributed by atoms with E-state index in [1.165, 1.54) is 0 Å². The van der Waals surface area contributed by atoms with Crippen molar-refractivity contribution in [2.24, 2.45) is 15.9 Å². The zero-order chi connectivity index (χ0) is 20.8. The van der Waals surface area contributed by atoms with Crippen molar-refractivity contribution in [3.05, 3.63) is 42.0 Å². The summed E-state index contributed by atoms with van der Waals surface area (Å²) in [6.07, 6.45) is 1.76.